The van der Waals surface area contributed by atoms with Gasteiger partial charge in [-0.3, -0.25) is 10.00 Å². The number of urea groups is 1. The molecule has 2 amide bonds. The quantitative estimate of drug-likeness (QED) is 0.820. The van der Waals surface area contributed by atoms with Gasteiger partial charge >= 0.3 is 6.03 Å². The third-order valence-corrected chi connectivity index (χ3v) is 4.85. The number of benzene rings is 1. The highest BCUT2D eigenvalue weighted by atomic mass is 35.5. The first kappa shape index (κ1) is 17.8. The predicted octanol–water partition coefficient (Wildman–Crippen LogP) is 3.85. The molecule has 25 heavy (non-hydrogen) atoms. The zero-order valence-electron chi connectivity index (χ0n) is 14.5. The van der Waals surface area contributed by atoms with Gasteiger partial charge in [0.25, 0.3) is 0 Å². The SMILES string of the molecule is COC(CNC(=O)Nc1cc(C2CCC2)nn1C)c1cccc(Cl)c1. The van der Waals surface area contributed by atoms with Gasteiger partial charge < -0.3 is 10.1 Å². The Bertz CT molecular complexity index is 742. The number of carbonyl (C=O) groups excluding carboxylic acids is 1. The smallest absolute Gasteiger partial charge is 0.320 e. The Morgan fingerprint density at radius 3 is 2.88 bits per heavy atom. The molecule has 0 radical (unpaired) electrons. The average molecular weight is 363 g/mol. The number of amides is 2. The van der Waals surface area contributed by atoms with E-state index in [1.807, 2.05) is 31.3 Å². The number of ether oxygens (including phenoxy) is 1. The predicted molar refractivity (Wildman–Crippen MR) is 98.0 cm³/mol. The number of rotatable bonds is 6. The number of aryl methyl sites for hydroxylation is 1. The molecule has 1 aliphatic carbocycles. The number of aromatic nitrogens is 2. The lowest BCUT2D eigenvalue weighted by atomic mass is 9.83. The molecule has 1 atom stereocenters. The van der Waals surface area contributed by atoms with Crippen molar-refractivity contribution in [1.82, 2.24) is 15.1 Å². The topological polar surface area (TPSA) is 68.2 Å². The van der Waals surface area contributed by atoms with Crippen molar-refractivity contribution in [2.45, 2.75) is 31.3 Å². The molecule has 1 aromatic carbocycles. The van der Waals surface area contributed by atoms with Crippen molar-refractivity contribution in [3.05, 3.63) is 46.6 Å². The van der Waals surface area contributed by atoms with Crippen molar-refractivity contribution in [2.75, 3.05) is 19.0 Å². The fraction of sp³-hybridized carbons (Fsp3) is 0.444. The monoisotopic (exact) mass is 362 g/mol. The summed E-state index contributed by atoms with van der Waals surface area (Å²) in [5.74, 6) is 1.22. The third kappa shape index (κ3) is 4.32. The number of nitrogens with one attached hydrogen (secondary N) is 2. The Balaban J connectivity index is 1.56. The number of methoxy groups -OCH3 is 1. The normalized spacial score (nSPS) is 15.5. The molecule has 1 fully saturated rings. The van der Waals surface area contributed by atoms with Gasteiger partial charge in [-0.15, -0.1) is 0 Å². The van der Waals surface area contributed by atoms with Crippen molar-refractivity contribution in [3.8, 4) is 0 Å². The molecule has 1 saturated carbocycles. The third-order valence-electron chi connectivity index (χ3n) is 4.62. The molecule has 0 aliphatic heterocycles. The molecule has 1 unspecified atom stereocenters. The molecule has 0 saturated heterocycles. The van der Waals surface area contributed by atoms with E-state index in [2.05, 4.69) is 15.7 Å². The van der Waals surface area contributed by atoms with Gasteiger partial charge in [-0.05, 0) is 30.5 Å². The maximum absolute atomic E-state index is 12.2. The number of anilines is 1. The molecular weight excluding hydrogens is 340 g/mol. The van der Waals surface area contributed by atoms with Crippen molar-refractivity contribution in [3.63, 3.8) is 0 Å². The number of nitrogens with zero attached hydrogens (tertiary/aromatic N) is 2. The molecular formula is C18H23ClN4O2. The minimum Gasteiger partial charge on any atom is -0.375 e. The Morgan fingerprint density at radius 2 is 2.24 bits per heavy atom. The molecule has 1 heterocycles. The van der Waals surface area contributed by atoms with Crippen LogP contribution >= 0.6 is 11.6 Å². The molecule has 1 aromatic heterocycles. The van der Waals surface area contributed by atoms with Gasteiger partial charge in [0.15, 0.2) is 0 Å². The second kappa shape index (κ2) is 7.89. The Hall–Kier alpha value is -2.05. The molecule has 6 nitrogen and oxygen atoms in total. The van der Waals surface area contributed by atoms with Crippen molar-refractivity contribution in [1.29, 1.82) is 0 Å². The summed E-state index contributed by atoms with van der Waals surface area (Å²) in [5.41, 5.74) is 1.97. The van der Waals surface area contributed by atoms with Crippen LogP contribution in [0.1, 0.15) is 42.5 Å². The molecule has 0 spiro atoms. The van der Waals surface area contributed by atoms with Crippen LogP contribution in [-0.2, 0) is 11.8 Å². The van der Waals surface area contributed by atoms with Gasteiger partial charge in [0.1, 0.15) is 5.82 Å². The van der Waals surface area contributed by atoms with Crippen LogP contribution in [-0.4, -0.2) is 29.5 Å². The van der Waals surface area contributed by atoms with Gasteiger partial charge in [-0.25, -0.2) is 4.79 Å². The zero-order chi connectivity index (χ0) is 17.8. The molecule has 1 aliphatic rings. The van der Waals surface area contributed by atoms with Gasteiger partial charge in [-0.2, -0.15) is 5.10 Å². The van der Waals surface area contributed by atoms with Crippen LogP contribution in [0.4, 0.5) is 10.6 Å². The van der Waals surface area contributed by atoms with E-state index in [9.17, 15) is 4.79 Å². The first-order chi connectivity index (χ1) is 12.1. The maximum Gasteiger partial charge on any atom is 0.320 e. The second-order valence-corrected chi connectivity index (χ2v) is 6.76. The van der Waals surface area contributed by atoms with Crippen LogP contribution in [0.2, 0.25) is 5.02 Å². The number of halogens is 1. The standard InChI is InChI=1S/C18H23ClN4O2/c1-23-17(10-15(22-23)12-5-3-6-12)21-18(24)20-11-16(25-2)13-7-4-8-14(19)9-13/h4,7-10,12,16H,3,5-6,11H2,1-2H3,(H2,20,21,24). The highest BCUT2D eigenvalue weighted by molar-refractivity contribution is 6.30. The Kier molecular flexibility index (Phi) is 5.60. The van der Waals surface area contributed by atoms with Gasteiger partial charge in [0.05, 0.1) is 11.8 Å². The van der Waals surface area contributed by atoms with Gasteiger partial charge in [-0.1, -0.05) is 30.2 Å². The van der Waals surface area contributed by atoms with Crippen LogP contribution in [0.5, 0.6) is 0 Å². The number of hydrogen-bond acceptors (Lipinski definition) is 3. The van der Waals surface area contributed by atoms with E-state index in [1.165, 1.54) is 19.3 Å². The summed E-state index contributed by atoms with van der Waals surface area (Å²) < 4.78 is 7.16. The van der Waals surface area contributed by atoms with Crippen LogP contribution in [0.3, 0.4) is 0 Å². The number of hydrogen-bond donors (Lipinski definition) is 2. The number of carbonyl (C=O) groups is 1. The fourth-order valence-corrected chi connectivity index (χ4v) is 3.10. The zero-order valence-corrected chi connectivity index (χ0v) is 15.2. The minimum atomic E-state index is -0.285. The summed E-state index contributed by atoms with van der Waals surface area (Å²) in [6.45, 7) is 0.343. The van der Waals surface area contributed by atoms with Gasteiger partial charge in [0.2, 0.25) is 0 Å². The lowest BCUT2D eigenvalue weighted by Crippen LogP contribution is -2.33. The Morgan fingerprint density at radius 1 is 1.44 bits per heavy atom. The maximum atomic E-state index is 12.2. The van der Waals surface area contributed by atoms with E-state index in [-0.39, 0.29) is 12.1 Å². The van der Waals surface area contributed by atoms with Crippen LogP contribution < -0.4 is 10.6 Å². The fourth-order valence-electron chi connectivity index (χ4n) is 2.90. The minimum absolute atomic E-state index is 0.262. The lowest BCUT2D eigenvalue weighted by Gasteiger charge is -2.22. The summed E-state index contributed by atoms with van der Waals surface area (Å²) in [6.07, 6.45) is 3.35. The summed E-state index contributed by atoms with van der Waals surface area (Å²) in [7, 11) is 3.44. The molecule has 0 bridgehead atoms. The summed E-state index contributed by atoms with van der Waals surface area (Å²) in [5, 5.41) is 10.8. The van der Waals surface area contributed by atoms with E-state index in [0.717, 1.165) is 11.3 Å². The first-order valence-electron chi connectivity index (χ1n) is 8.44. The van der Waals surface area contributed by atoms with E-state index in [0.29, 0.717) is 23.3 Å². The highest BCUT2D eigenvalue weighted by Crippen LogP contribution is 2.36. The average Bonchev–Trinajstić information content (AvgIpc) is 2.86. The molecule has 2 N–H and O–H groups in total. The van der Waals surface area contributed by atoms with Crippen LogP contribution in [0, 0.1) is 0 Å². The van der Waals surface area contributed by atoms with E-state index in [4.69, 9.17) is 16.3 Å². The molecule has 2 aromatic rings. The molecule has 3 rings (SSSR count). The Labute approximate surface area is 152 Å². The summed E-state index contributed by atoms with van der Waals surface area (Å²) in [4.78, 5) is 12.2. The summed E-state index contributed by atoms with van der Waals surface area (Å²) in [6, 6.07) is 9.09. The highest BCUT2D eigenvalue weighted by Gasteiger charge is 2.23. The summed E-state index contributed by atoms with van der Waals surface area (Å²) >= 11 is 6.01. The van der Waals surface area contributed by atoms with E-state index < -0.39 is 0 Å². The molecule has 134 valence electrons. The van der Waals surface area contributed by atoms with E-state index in [1.54, 1.807) is 17.9 Å². The second-order valence-electron chi connectivity index (χ2n) is 6.32. The largest absolute Gasteiger partial charge is 0.375 e. The van der Waals surface area contributed by atoms with Crippen molar-refractivity contribution in [2.24, 2.45) is 7.05 Å². The van der Waals surface area contributed by atoms with Crippen molar-refractivity contribution >= 4 is 23.4 Å². The van der Waals surface area contributed by atoms with Crippen LogP contribution in [0.25, 0.3) is 0 Å². The molecule has 7 heteroatoms. The lowest BCUT2D eigenvalue weighted by molar-refractivity contribution is 0.104. The van der Waals surface area contributed by atoms with Crippen molar-refractivity contribution < 1.29 is 9.53 Å². The van der Waals surface area contributed by atoms with Crippen LogP contribution in [0.15, 0.2) is 30.3 Å². The first-order valence-corrected chi connectivity index (χ1v) is 8.81. The van der Waals surface area contributed by atoms with E-state index >= 15 is 0 Å². The van der Waals surface area contributed by atoms with Gasteiger partial charge in [0, 0.05) is 37.7 Å².